The maximum atomic E-state index is 5.32. The molecule has 3 rings (SSSR count). The van der Waals surface area contributed by atoms with Gasteiger partial charge in [0.15, 0.2) is 0 Å². The van der Waals surface area contributed by atoms with Gasteiger partial charge in [0.1, 0.15) is 0 Å². The topological polar surface area (TPSA) is 68.2 Å². The van der Waals surface area contributed by atoms with Crippen molar-refractivity contribution in [3.63, 3.8) is 0 Å². The first-order valence-electron chi connectivity index (χ1n) is 5.23. The Morgan fingerprint density at radius 1 is 1.18 bits per heavy atom. The Bertz CT molecular complexity index is 608. The van der Waals surface area contributed by atoms with Crippen LogP contribution in [0, 0.1) is 0 Å². The monoisotopic (exact) mass is 225 g/mol. The number of imidazole rings is 1. The van der Waals surface area contributed by atoms with Crippen molar-refractivity contribution in [3.05, 3.63) is 48.9 Å². The summed E-state index contributed by atoms with van der Waals surface area (Å²) in [6, 6.07) is 9.63. The van der Waals surface area contributed by atoms with Crippen LogP contribution in [0.1, 0.15) is 0 Å². The van der Waals surface area contributed by atoms with Crippen LogP contribution in [0.2, 0.25) is 0 Å². The molecule has 3 N–H and O–H groups in total. The SMILES string of the molecule is NNc1ccc(-c2cn3cccnc3n2)cc1. The van der Waals surface area contributed by atoms with Gasteiger partial charge in [-0.25, -0.2) is 9.97 Å². The molecule has 0 bridgehead atoms. The number of nitrogens with zero attached hydrogens (tertiary/aromatic N) is 3. The second-order valence-electron chi connectivity index (χ2n) is 3.67. The summed E-state index contributed by atoms with van der Waals surface area (Å²) >= 11 is 0. The summed E-state index contributed by atoms with van der Waals surface area (Å²) in [6.07, 6.45) is 5.61. The molecule has 5 nitrogen and oxygen atoms in total. The van der Waals surface area contributed by atoms with Gasteiger partial charge in [-0.1, -0.05) is 12.1 Å². The number of benzene rings is 1. The predicted molar refractivity (Wildman–Crippen MR) is 66.2 cm³/mol. The van der Waals surface area contributed by atoms with Gasteiger partial charge >= 0.3 is 0 Å². The Balaban J connectivity index is 2.07. The second-order valence-corrected chi connectivity index (χ2v) is 3.67. The zero-order valence-electron chi connectivity index (χ0n) is 9.04. The molecule has 3 aromatic rings. The minimum absolute atomic E-state index is 0.698. The number of nitrogens with two attached hydrogens (primary N) is 1. The molecule has 2 heterocycles. The first-order valence-corrected chi connectivity index (χ1v) is 5.23. The van der Waals surface area contributed by atoms with E-state index in [1.165, 1.54) is 0 Å². The van der Waals surface area contributed by atoms with Crippen molar-refractivity contribution >= 4 is 11.5 Å². The molecule has 0 aliphatic rings. The lowest BCUT2D eigenvalue weighted by Gasteiger charge is -2.00. The van der Waals surface area contributed by atoms with E-state index in [0.29, 0.717) is 5.78 Å². The summed E-state index contributed by atoms with van der Waals surface area (Å²) in [7, 11) is 0. The third kappa shape index (κ3) is 1.72. The molecular weight excluding hydrogens is 214 g/mol. The maximum absolute atomic E-state index is 5.32. The highest BCUT2D eigenvalue weighted by molar-refractivity contribution is 5.64. The van der Waals surface area contributed by atoms with E-state index in [0.717, 1.165) is 16.9 Å². The lowest BCUT2D eigenvalue weighted by Crippen LogP contribution is -2.05. The van der Waals surface area contributed by atoms with E-state index in [4.69, 9.17) is 5.84 Å². The Morgan fingerprint density at radius 3 is 2.71 bits per heavy atom. The van der Waals surface area contributed by atoms with E-state index in [9.17, 15) is 0 Å². The molecule has 0 aliphatic heterocycles. The van der Waals surface area contributed by atoms with Gasteiger partial charge in [0.2, 0.25) is 5.78 Å². The van der Waals surface area contributed by atoms with E-state index in [1.54, 1.807) is 6.20 Å². The van der Waals surface area contributed by atoms with Gasteiger partial charge in [0, 0.05) is 29.8 Å². The molecule has 2 aromatic heterocycles. The van der Waals surface area contributed by atoms with Crippen LogP contribution in [0.4, 0.5) is 5.69 Å². The molecule has 0 saturated heterocycles. The van der Waals surface area contributed by atoms with Gasteiger partial charge in [-0.05, 0) is 18.2 Å². The van der Waals surface area contributed by atoms with Gasteiger partial charge in [0.05, 0.1) is 5.69 Å². The van der Waals surface area contributed by atoms with Crippen LogP contribution >= 0.6 is 0 Å². The number of aromatic nitrogens is 3. The average Bonchev–Trinajstić information content (AvgIpc) is 2.82. The third-order valence-corrected chi connectivity index (χ3v) is 2.58. The molecule has 0 atom stereocenters. The fourth-order valence-corrected chi connectivity index (χ4v) is 1.71. The molecule has 5 heteroatoms. The van der Waals surface area contributed by atoms with E-state index in [1.807, 2.05) is 47.1 Å². The number of rotatable bonds is 2. The Hall–Kier alpha value is -2.40. The zero-order valence-corrected chi connectivity index (χ0v) is 9.04. The number of hydrogen-bond acceptors (Lipinski definition) is 4. The highest BCUT2D eigenvalue weighted by Gasteiger charge is 2.04. The van der Waals surface area contributed by atoms with Crippen LogP contribution in [-0.4, -0.2) is 14.4 Å². The van der Waals surface area contributed by atoms with Crippen LogP contribution in [-0.2, 0) is 0 Å². The van der Waals surface area contributed by atoms with Gasteiger partial charge in [-0.15, -0.1) is 0 Å². The van der Waals surface area contributed by atoms with Gasteiger partial charge in [-0.2, -0.15) is 0 Å². The largest absolute Gasteiger partial charge is 0.324 e. The van der Waals surface area contributed by atoms with Crippen LogP contribution in [0.25, 0.3) is 17.0 Å². The smallest absolute Gasteiger partial charge is 0.234 e. The number of hydrazine groups is 1. The second kappa shape index (κ2) is 3.88. The van der Waals surface area contributed by atoms with Gasteiger partial charge in [0.25, 0.3) is 0 Å². The molecule has 0 unspecified atom stereocenters. The normalized spacial score (nSPS) is 10.6. The van der Waals surface area contributed by atoms with Crippen molar-refractivity contribution in [1.82, 2.24) is 14.4 Å². The lowest BCUT2D eigenvalue weighted by molar-refractivity contribution is 1.11. The summed E-state index contributed by atoms with van der Waals surface area (Å²) in [5.41, 5.74) is 5.40. The maximum Gasteiger partial charge on any atom is 0.234 e. The fourth-order valence-electron chi connectivity index (χ4n) is 1.71. The molecule has 0 saturated carbocycles. The number of nitrogens with one attached hydrogen (secondary N) is 1. The van der Waals surface area contributed by atoms with Crippen molar-refractivity contribution in [2.24, 2.45) is 5.84 Å². The molecule has 0 radical (unpaired) electrons. The number of hydrogen-bond donors (Lipinski definition) is 2. The predicted octanol–water partition coefficient (Wildman–Crippen LogP) is 1.68. The molecule has 0 fully saturated rings. The number of fused-ring (bicyclic) bond motifs is 1. The van der Waals surface area contributed by atoms with Crippen LogP contribution < -0.4 is 11.3 Å². The van der Waals surface area contributed by atoms with Crippen molar-refractivity contribution in [1.29, 1.82) is 0 Å². The van der Waals surface area contributed by atoms with Crippen molar-refractivity contribution in [2.75, 3.05) is 5.43 Å². The highest BCUT2D eigenvalue weighted by Crippen LogP contribution is 2.20. The van der Waals surface area contributed by atoms with Crippen molar-refractivity contribution < 1.29 is 0 Å². The molecular formula is C12H11N5. The van der Waals surface area contributed by atoms with E-state index < -0.39 is 0 Å². The summed E-state index contributed by atoms with van der Waals surface area (Å²) in [4.78, 5) is 8.62. The Kier molecular flexibility index (Phi) is 2.23. The Labute approximate surface area is 97.9 Å². The summed E-state index contributed by atoms with van der Waals surface area (Å²) in [6.45, 7) is 0. The van der Waals surface area contributed by atoms with Crippen LogP contribution in [0.3, 0.4) is 0 Å². The quantitative estimate of drug-likeness (QED) is 0.514. The van der Waals surface area contributed by atoms with E-state index in [-0.39, 0.29) is 0 Å². The van der Waals surface area contributed by atoms with Crippen LogP contribution in [0.5, 0.6) is 0 Å². The first kappa shape index (κ1) is 9.80. The summed E-state index contributed by atoms with van der Waals surface area (Å²) in [5.74, 6) is 6.02. The van der Waals surface area contributed by atoms with Gasteiger partial charge in [-0.3, -0.25) is 10.2 Å². The van der Waals surface area contributed by atoms with E-state index in [2.05, 4.69) is 15.4 Å². The van der Waals surface area contributed by atoms with Gasteiger partial charge < -0.3 is 5.43 Å². The molecule has 0 spiro atoms. The lowest BCUT2D eigenvalue weighted by atomic mass is 10.1. The minimum Gasteiger partial charge on any atom is -0.324 e. The first-order chi connectivity index (χ1) is 8.36. The standard InChI is InChI=1S/C12H11N5/c13-16-10-4-2-9(3-5-10)11-8-17-7-1-6-14-12(17)15-11/h1-8,16H,13H2. The van der Waals surface area contributed by atoms with Crippen molar-refractivity contribution in [3.8, 4) is 11.3 Å². The molecule has 0 amide bonds. The molecule has 0 aliphatic carbocycles. The highest BCUT2D eigenvalue weighted by atomic mass is 15.2. The molecule has 84 valence electrons. The number of anilines is 1. The van der Waals surface area contributed by atoms with Crippen molar-refractivity contribution in [2.45, 2.75) is 0 Å². The zero-order chi connectivity index (χ0) is 11.7. The minimum atomic E-state index is 0.698. The Morgan fingerprint density at radius 2 is 2.00 bits per heavy atom. The average molecular weight is 225 g/mol. The summed E-state index contributed by atoms with van der Waals surface area (Å²) < 4.78 is 1.89. The fraction of sp³-hybridized carbons (Fsp3) is 0. The third-order valence-electron chi connectivity index (χ3n) is 2.58. The molecule has 1 aromatic carbocycles. The van der Waals surface area contributed by atoms with E-state index >= 15 is 0 Å². The molecule has 17 heavy (non-hydrogen) atoms. The van der Waals surface area contributed by atoms with Crippen LogP contribution in [0.15, 0.2) is 48.9 Å². The number of nitrogen functional groups attached to an aromatic ring is 1. The summed E-state index contributed by atoms with van der Waals surface area (Å²) in [5, 5.41) is 0.